The molecule has 0 radical (unpaired) electrons. The van der Waals surface area contributed by atoms with E-state index in [1.807, 2.05) is 37.3 Å². The molecule has 3 rings (SSSR count). The molecule has 0 spiro atoms. The van der Waals surface area contributed by atoms with E-state index in [4.69, 9.17) is 4.42 Å². The average Bonchev–Trinajstić information content (AvgIpc) is 3.07. The van der Waals surface area contributed by atoms with Gasteiger partial charge in [-0.25, -0.2) is 0 Å². The van der Waals surface area contributed by atoms with Gasteiger partial charge >= 0.3 is 0 Å². The van der Waals surface area contributed by atoms with E-state index in [0.717, 1.165) is 31.0 Å². The van der Waals surface area contributed by atoms with E-state index in [0.29, 0.717) is 13.1 Å². The molecular weight excluding hydrogens is 342 g/mol. The number of amides is 2. The van der Waals surface area contributed by atoms with Crippen LogP contribution < -0.4 is 5.32 Å². The van der Waals surface area contributed by atoms with Crippen LogP contribution in [0.2, 0.25) is 0 Å². The molecule has 6 nitrogen and oxygen atoms in total. The van der Waals surface area contributed by atoms with E-state index in [1.54, 1.807) is 11.9 Å². The Balaban J connectivity index is 1.58. The smallest absolute Gasteiger partial charge is 0.237 e. The number of nitrogens with zero attached hydrogens (tertiary/aromatic N) is 2. The van der Waals surface area contributed by atoms with Gasteiger partial charge in [0.15, 0.2) is 0 Å². The lowest BCUT2D eigenvalue weighted by Crippen LogP contribution is -2.56. The second-order valence-electron chi connectivity index (χ2n) is 7.04. The van der Waals surface area contributed by atoms with Crippen molar-refractivity contribution in [3.63, 3.8) is 0 Å². The van der Waals surface area contributed by atoms with Crippen molar-refractivity contribution in [1.29, 1.82) is 0 Å². The second-order valence-corrected chi connectivity index (χ2v) is 7.04. The summed E-state index contributed by atoms with van der Waals surface area (Å²) in [5, 5.41) is 2.89. The van der Waals surface area contributed by atoms with E-state index < -0.39 is 6.04 Å². The number of carbonyl (C=O) groups is 2. The molecule has 0 aliphatic carbocycles. The van der Waals surface area contributed by atoms with Crippen molar-refractivity contribution in [2.24, 2.45) is 0 Å². The molecule has 6 heteroatoms. The third-order valence-corrected chi connectivity index (χ3v) is 4.95. The summed E-state index contributed by atoms with van der Waals surface area (Å²) in [7, 11) is 1.75. The predicted octanol–water partition coefficient (Wildman–Crippen LogP) is 1.98. The predicted molar refractivity (Wildman–Crippen MR) is 103 cm³/mol. The van der Waals surface area contributed by atoms with Crippen molar-refractivity contribution < 1.29 is 14.0 Å². The summed E-state index contributed by atoms with van der Waals surface area (Å²) in [6, 6.07) is 13.5. The summed E-state index contributed by atoms with van der Waals surface area (Å²) in [5.74, 6) is 1.45. The van der Waals surface area contributed by atoms with Crippen molar-refractivity contribution >= 4 is 11.8 Å². The number of nitrogens with one attached hydrogen (secondary N) is 1. The molecule has 2 aromatic rings. The van der Waals surface area contributed by atoms with Gasteiger partial charge in [-0.2, -0.15) is 0 Å². The van der Waals surface area contributed by atoms with E-state index in [2.05, 4.69) is 22.3 Å². The van der Waals surface area contributed by atoms with Crippen molar-refractivity contribution in [3.8, 4) is 0 Å². The van der Waals surface area contributed by atoms with Gasteiger partial charge in [-0.15, -0.1) is 0 Å². The van der Waals surface area contributed by atoms with Crippen LogP contribution in [0, 0.1) is 6.92 Å². The van der Waals surface area contributed by atoms with E-state index in [9.17, 15) is 9.59 Å². The molecule has 0 saturated carbocycles. The van der Waals surface area contributed by atoms with Crippen LogP contribution >= 0.6 is 0 Å². The minimum Gasteiger partial charge on any atom is -0.464 e. The Morgan fingerprint density at radius 2 is 2.04 bits per heavy atom. The summed E-state index contributed by atoms with van der Waals surface area (Å²) < 4.78 is 5.54. The van der Waals surface area contributed by atoms with Crippen molar-refractivity contribution in [1.82, 2.24) is 15.1 Å². The van der Waals surface area contributed by atoms with E-state index in [1.165, 1.54) is 5.56 Å². The highest BCUT2D eigenvalue weighted by Crippen LogP contribution is 2.14. The number of hydrogen-bond donors (Lipinski definition) is 1. The molecule has 144 valence electrons. The van der Waals surface area contributed by atoms with Crippen LogP contribution in [-0.2, 0) is 22.6 Å². The lowest BCUT2D eigenvalue weighted by atomic mass is 10.1. The summed E-state index contributed by atoms with van der Waals surface area (Å²) in [6.07, 6.45) is 1.04. The van der Waals surface area contributed by atoms with Gasteiger partial charge in [-0.3, -0.25) is 14.5 Å². The Hall–Kier alpha value is -2.60. The van der Waals surface area contributed by atoms with Gasteiger partial charge in [0.1, 0.15) is 11.5 Å². The molecule has 1 aromatic carbocycles. The maximum atomic E-state index is 12.7. The summed E-state index contributed by atoms with van der Waals surface area (Å²) in [6.45, 7) is 4.43. The third-order valence-electron chi connectivity index (χ3n) is 4.95. The first kappa shape index (κ1) is 19.2. The molecule has 1 saturated heterocycles. The maximum Gasteiger partial charge on any atom is 0.237 e. The Kier molecular flexibility index (Phi) is 6.29. The SMILES string of the molecule is Cc1ccc(CN(C)C(=O)C[C@@H]2C(=O)NCCN2CCc2ccccc2)o1. The fourth-order valence-electron chi connectivity index (χ4n) is 3.38. The average molecular weight is 369 g/mol. The van der Waals surface area contributed by atoms with Gasteiger partial charge < -0.3 is 14.6 Å². The molecule has 0 bridgehead atoms. The van der Waals surface area contributed by atoms with Crippen molar-refractivity contribution in [2.45, 2.75) is 32.4 Å². The zero-order valence-electron chi connectivity index (χ0n) is 16.0. The van der Waals surface area contributed by atoms with Gasteiger partial charge in [0, 0.05) is 26.7 Å². The third kappa shape index (κ3) is 5.20. The normalized spacial score (nSPS) is 17.6. The number of rotatable bonds is 7. The fourth-order valence-corrected chi connectivity index (χ4v) is 3.38. The molecular formula is C21H27N3O3. The highest BCUT2D eigenvalue weighted by atomic mass is 16.3. The number of hydrogen-bond acceptors (Lipinski definition) is 4. The lowest BCUT2D eigenvalue weighted by Gasteiger charge is -2.35. The van der Waals surface area contributed by atoms with Gasteiger partial charge in [0.2, 0.25) is 11.8 Å². The molecule has 27 heavy (non-hydrogen) atoms. The van der Waals surface area contributed by atoms with Gasteiger partial charge in [0.05, 0.1) is 19.0 Å². The number of carbonyl (C=O) groups excluding carboxylic acids is 2. The highest BCUT2D eigenvalue weighted by molar-refractivity contribution is 5.88. The zero-order valence-corrected chi connectivity index (χ0v) is 16.0. The number of piperazine rings is 1. The van der Waals surface area contributed by atoms with Crippen LogP contribution in [-0.4, -0.2) is 54.3 Å². The quantitative estimate of drug-likeness (QED) is 0.811. The Morgan fingerprint density at radius 3 is 2.74 bits per heavy atom. The molecule has 0 unspecified atom stereocenters. The Bertz CT molecular complexity index is 772. The number of aryl methyl sites for hydroxylation is 1. The van der Waals surface area contributed by atoms with Crippen LogP contribution in [0.15, 0.2) is 46.9 Å². The maximum absolute atomic E-state index is 12.7. The van der Waals surface area contributed by atoms with Gasteiger partial charge in [0.25, 0.3) is 0 Å². The van der Waals surface area contributed by atoms with Crippen molar-refractivity contribution in [2.75, 3.05) is 26.7 Å². The first-order valence-corrected chi connectivity index (χ1v) is 9.38. The lowest BCUT2D eigenvalue weighted by molar-refractivity contribution is -0.138. The van der Waals surface area contributed by atoms with Gasteiger partial charge in [-0.05, 0) is 31.0 Å². The molecule has 1 fully saturated rings. The molecule has 1 atom stereocenters. The topological polar surface area (TPSA) is 65.8 Å². The summed E-state index contributed by atoms with van der Waals surface area (Å²) >= 11 is 0. The molecule has 2 heterocycles. The van der Waals surface area contributed by atoms with Crippen molar-refractivity contribution in [3.05, 3.63) is 59.5 Å². The van der Waals surface area contributed by atoms with Crippen LogP contribution in [0.3, 0.4) is 0 Å². The fraction of sp³-hybridized carbons (Fsp3) is 0.429. The summed E-state index contributed by atoms with van der Waals surface area (Å²) in [5.41, 5.74) is 1.24. The van der Waals surface area contributed by atoms with Crippen LogP contribution in [0.25, 0.3) is 0 Å². The molecule has 1 aromatic heterocycles. The van der Waals surface area contributed by atoms with E-state index >= 15 is 0 Å². The van der Waals surface area contributed by atoms with Crippen LogP contribution in [0.5, 0.6) is 0 Å². The summed E-state index contributed by atoms with van der Waals surface area (Å²) in [4.78, 5) is 28.8. The Morgan fingerprint density at radius 1 is 1.26 bits per heavy atom. The standard InChI is InChI=1S/C21H27N3O3/c1-16-8-9-18(27-16)15-23(2)20(25)14-19-21(26)22-11-13-24(19)12-10-17-6-4-3-5-7-17/h3-9,19H,10-15H2,1-2H3,(H,22,26)/t19-/m1/s1. The zero-order chi connectivity index (χ0) is 19.2. The van der Waals surface area contributed by atoms with Gasteiger partial charge in [-0.1, -0.05) is 30.3 Å². The molecule has 2 amide bonds. The largest absolute Gasteiger partial charge is 0.464 e. The molecule has 1 N–H and O–H groups in total. The highest BCUT2D eigenvalue weighted by Gasteiger charge is 2.32. The minimum absolute atomic E-state index is 0.0594. The number of benzene rings is 1. The second kappa shape index (κ2) is 8.86. The van der Waals surface area contributed by atoms with Crippen LogP contribution in [0.1, 0.15) is 23.5 Å². The van der Waals surface area contributed by atoms with E-state index in [-0.39, 0.29) is 18.2 Å². The molecule has 1 aliphatic heterocycles. The first-order chi connectivity index (χ1) is 13.0. The first-order valence-electron chi connectivity index (χ1n) is 9.38. The number of furan rings is 1. The monoisotopic (exact) mass is 369 g/mol. The molecule has 1 aliphatic rings. The minimum atomic E-state index is -0.421. The Labute approximate surface area is 160 Å². The van der Waals surface area contributed by atoms with Crippen LogP contribution in [0.4, 0.5) is 0 Å².